The van der Waals surface area contributed by atoms with Crippen molar-refractivity contribution in [2.45, 2.75) is 84.7 Å². The Balaban J connectivity index is 7.59. The van der Waals surface area contributed by atoms with Crippen molar-refractivity contribution in [1.29, 1.82) is 0 Å². The lowest BCUT2D eigenvalue weighted by atomic mass is 10.2. The molecule has 0 radical (unpaired) electrons. The average molecular weight is 810 g/mol. The van der Waals surface area contributed by atoms with Crippen LogP contribution in [-0.2, 0) is 18.9 Å². The van der Waals surface area contributed by atoms with E-state index < -0.39 is 90.7 Å². The van der Waals surface area contributed by atoms with Crippen molar-refractivity contribution in [3.8, 4) is 0 Å². The van der Waals surface area contributed by atoms with E-state index >= 15 is 0 Å². The third kappa shape index (κ3) is 7.75. The number of hydrogen-bond acceptors (Lipinski definition) is 4. The monoisotopic (exact) mass is 810 g/mol. The molecule has 49 heavy (non-hydrogen) atoms. The summed E-state index contributed by atoms with van der Waals surface area (Å²) in [6.45, 7) is 1.73. The van der Waals surface area contributed by atoms with Gasteiger partial charge in [0.05, 0.1) is 0 Å². The molecule has 4 nitrogen and oxygen atoms in total. The molecule has 0 bridgehead atoms. The lowest BCUT2D eigenvalue weighted by Crippen LogP contribution is -2.72. The predicted molar refractivity (Wildman–Crippen MR) is 84.9 cm³/mol. The smallest absolute Gasteiger partial charge is 0.263 e. The topological polar surface area (TPSA) is 36.9 Å². The van der Waals surface area contributed by atoms with Crippen LogP contribution in [0, 0.1) is 0 Å². The minimum Gasteiger partial charge on any atom is -0.263 e. The van der Waals surface area contributed by atoms with E-state index in [9.17, 15) is 127 Å². The quantitative estimate of drug-likeness (QED) is 0.129. The van der Waals surface area contributed by atoms with Gasteiger partial charge in [-0.1, -0.05) is 6.58 Å². The molecule has 0 heterocycles. The molecule has 0 aliphatic heterocycles. The second-order valence-corrected chi connectivity index (χ2v) is 8.17. The third-order valence-corrected chi connectivity index (χ3v) is 4.65. The summed E-state index contributed by atoms with van der Waals surface area (Å²) in [4.78, 5) is 0. The Bertz CT molecular complexity index is 1180. The fourth-order valence-corrected chi connectivity index (χ4v) is 2.15. The Morgan fingerprint density at radius 1 is 0.286 bits per heavy atom. The maximum absolute atomic E-state index is 14.3. The van der Waals surface area contributed by atoms with Crippen molar-refractivity contribution >= 4 is 0 Å². The van der Waals surface area contributed by atoms with E-state index in [1.807, 2.05) is 0 Å². The van der Waals surface area contributed by atoms with E-state index in [0.29, 0.717) is 0 Å². The van der Waals surface area contributed by atoms with Crippen molar-refractivity contribution in [2.75, 3.05) is 0 Å². The van der Waals surface area contributed by atoms with Gasteiger partial charge >= 0.3 is 84.7 Å². The van der Waals surface area contributed by atoms with Gasteiger partial charge in [-0.2, -0.15) is 127 Å². The van der Waals surface area contributed by atoms with E-state index in [1.54, 1.807) is 6.58 Å². The zero-order valence-corrected chi connectivity index (χ0v) is 20.9. The van der Waals surface area contributed by atoms with Gasteiger partial charge in [-0.15, -0.1) is 0 Å². The van der Waals surface area contributed by atoms with E-state index in [2.05, 4.69) is 0 Å². The van der Waals surface area contributed by atoms with Crippen LogP contribution in [0.1, 0.15) is 0 Å². The lowest BCUT2D eigenvalue weighted by molar-refractivity contribution is -0.594. The Morgan fingerprint density at radius 2 is 0.510 bits per heavy atom. The highest BCUT2D eigenvalue weighted by molar-refractivity contribution is 5.00. The lowest BCUT2D eigenvalue weighted by Gasteiger charge is -2.43. The second-order valence-electron chi connectivity index (χ2n) is 8.17. The van der Waals surface area contributed by atoms with Gasteiger partial charge in [0, 0.05) is 0 Å². The highest BCUT2D eigenvalue weighted by atomic mass is 19.4. The first kappa shape index (κ1) is 46.5. The molecule has 3 unspecified atom stereocenters. The van der Waals surface area contributed by atoms with Crippen molar-refractivity contribution < 1.29 is 146 Å². The fraction of sp³-hybridized carbons (Fsp3) is 0.875. The molecule has 0 aromatic rings. The standard InChI is InChI=1S/C16H3F29O4/c1-2-3(17,18)12(36,37)49-16(44,45)7(23,11(33,34)35)48-15(42,43)6(22,10(30,31)32)47-14(40,41)5(21,9(27,28)29)46-13(38,39)4(19,20)8(24,25)26/h2H,1H2. The molecular weight excluding hydrogens is 807 g/mol. The molecular formula is C16H3F29O4. The van der Waals surface area contributed by atoms with Gasteiger partial charge in [0.1, 0.15) is 0 Å². The van der Waals surface area contributed by atoms with Gasteiger partial charge in [0.15, 0.2) is 0 Å². The first-order valence-corrected chi connectivity index (χ1v) is 10.1. The summed E-state index contributed by atoms with van der Waals surface area (Å²) >= 11 is 0. The molecule has 294 valence electrons. The molecule has 0 aliphatic carbocycles. The van der Waals surface area contributed by atoms with E-state index in [0.717, 1.165) is 14.2 Å². The molecule has 0 amide bonds. The summed E-state index contributed by atoms with van der Waals surface area (Å²) in [6, 6.07) is 0. The van der Waals surface area contributed by atoms with Crippen molar-refractivity contribution in [3.63, 3.8) is 0 Å². The summed E-state index contributed by atoms with van der Waals surface area (Å²) in [6.07, 6.45) is -78.3. The first-order chi connectivity index (χ1) is 20.6. The minimum atomic E-state index is -9.18. The van der Waals surface area contributed by atoms with Crippen molar-refractivity contribution in [3.05, 3.63) is 12.7 Å². The zero-order chi connectivity index (χ0) is 40.5. The van der Waals surface area contributed by atoms with E-state index in [1.165, 1.54) is 4.74 Å². The Kier molecular flexibility index (Phi) is 11.5. The molecule has 0 saturated carbocycles. The van der Waals surface area contributed by atoms with Gasteiger partial charge in [-0.3, -0.25) is 14.2 Å². The van der Waals surface area contributed by atoms with Crippen LogP contribution in [0.3, 0.4) is 0 Å². The molecule has 0 spiro atoms. The number of halogens is 29. The molecule has 0 rings (SSSR count). The van der Waals surface area contributed by atoms with Crippen molar-refractivity contribution in [1.82, 2.24) is 0 Å². The van der Waals surface area contributed by atoms with Crippen molar-refractivity contribution in [2.24, 2.45) is 0 Å². The highest BCUT2D eigenvalue weighted by Crippen LogP contribution is 2.61. The second kappa shape index (κ2) is 12.1. The third-order valence-electron chi connectivity index (χ3n) is 4.65. The van der Waals surface area contributed by atoms with Gasteiger partial charge in [-0.05, 0) is 6.08 Å². The van der Waals surface area contributed by atoms with Gasteiger partial charge in [0.25, 0.3) is 0 Å². The Hall–Kier alpha value is -2.45. The molecule has 3 atom stereocenters. The molecule has 0 fully saturated rings. The Morgan fingerprint density at radius 3 is 0.714 bits per heavy atom. The van der Waals surface area contributed by atoms with Gasteiger partial charge < -0.3 is 0 Å². The molecule has 0 aromatic carbocycles. The number of ether oxygens (including phenoxy) is 4. The Labute approximate surface area is 245 Å². The number of alkyl halides is 29. The highest BCUT2D eigenvalue weighted by Gasteiger charge is 2.90. The van der Waals surface area contributed by atoms with Gasteiger partial charge in [0.2, 0.25) is 0 Å². The van der Waals surface area contributed by atoms with E-state index in [4.69, 9.17) is 0 Å². The number of hydrogen-bond donors (Lipinski definition) is 0. The van der Waals surface area contributed by atoms with Gasteiger partial charge in [-0.25, -0.2) is 4.74 Å². The van der Waals surface area contributed by atoms with Crippen LogP contribution in [0.4, 0.5) is 127 Å². The molecule has 0 aliphatic rings. The molecule has 0 aromatic heterocycles. The van der Waals surface area contributed by atoms with Crippen LogP contribution in [0.2, 0.25) is 0 Å². The summed E-state index contributed by atoms with van der Waals surface area (Å²) < 4.78 is 387. The zero-order valence-electron chi connectivity index (χ0n) is 20.9. The predicted octanol–water partition coefficient (Wildman–Crippen LogP) is 9.72. The molecule has 0 saturated heterocycles. The SMILES string of the molecule is C=CC(F)(F)C(F)(F)OC(F)(F)C(F)(OC(F)(F)C(F)(OC(F)(F)C(F)(OC(F)(F)C(F)(F)C(F)(F)F)C(F)(F)F)C(F)(F)F)C(F)(F)F. The maximum atomic E-state index is 14.3. The van der Waals surface area contributed by atoms with Crippen LogP contribution in [0.5, 0.6) is 0 Å². The maximum Gasteiger partial charge on any atom is 0.462 e. The summed E-state index contributed by atoms with van der Waals surface area (Å²) in [7, 11) is 0. The van der Waals surface area contributed by atoms with Crippen LogP contribution in [0.25, 0.3) is 0 Å². The average Bonchev–Trinajstić information content (AvgIpc) is 2.78. The summed E-state index contributed by atoms with van der Waals surface area (Å²) in [5, 5.41) is 0. The normalized spacial score (nSPS) is 19.6. The largest absolute Gasteiger partial charge is 0.462 e. The summed E-state index contributed by atoms with van der Waals surface area (Å²) in [5.74, 6) is -41.8. The molecule has 0 N–H and O–H groups in total. The van der Waals surface area contributed by atoms with Crippen LogP contribution < -0.4 is 0 Å². The molecule has 33 heteroatoms. The van der Waals surface area contributed by atoms with Crippen LogP contribution in [-0.4, -0.2) is 84.7 Å². The first-order valence-electron chi connectivity index (χ1n) is 10.1. The van der Waals surface area contributed by atoms with E-state index in [-0.39, 0.29) is 0 Å². The minimum absolute atomic E-state index is 0.854. The van der Waals surface area contributed by atoms with Crippen LogP contribution in [0.15, 0.2) is 12.7 Å². The number of rotatable bonds is 14. The van der Waals surface area contributed by atoms with Crippen LogP contribution >= 0.6 is 0 Å². The fourth-order valence-electron chi connectivity index (χ4n) is 2.15. The summed E-state index contributed by atoms with van der Waals surface area (Å²) in [5.41, 5.74) is 0.